The Morgan fingerprint density at radius 1 is 1.24 bits per heavy atom. The first-order chi connectivity index (χ1) is 12.1. The molecular formula is C19H20N2O2S2. The van der Waals surface area contributed by atoms with Crippen LogP contribution in [0, 0.1) is 13.8 Å². The van der Waals surface area contributed by atoms with Crippen molar-refractivity contribution in [1.82, 2.24) is 4.98 Å². The molecule has 0 aliphatic heterocycles. The standard InChI is InChI=1S/C19H20N2O2S2/c1-13-6-4-8-18(14(13)2)21(15(3)22)19-20-16(11-25-19)10-24-12-17-7-5-9-23-17/h4-9,11H,10,12H2,1-3H3. The van der Waals surface area contributed by atoms with Crippen LogP contribution in [0.5, 0.6) is 0 Å². The van der Waals surface area contributed by atoms with E-state index in [4.69, 9.17) is 4.42 Å². The van der Waals surface area contributed by atoms with Gasteiger partial charge in [0, 0.05) is 18.1 Å². The Bertz CT molecular complexity index is 856. The van der Waals surface area contributed by atoms with Crippen LogP contribution in [-0.4, -0.2) is 10.9 Å². The Labute approximate surface area is 155 Å². The summed E-state index contributed by atoms with van der Waals surface area (Å²) in [6.45, 7) is 5.67. The number of rotatable bonds is 6. The van der Waals surface area contributed by atoms with Gasteiger partial charge in [-0.25, -0.2) is 4.98 Å². The average Bonchev–Trinajstić information content (AvgIpc) is 3.24. The lowest BCUT2D eigenvalue weighted by molar-refractivity contribution is -0.115. The van der Waals surface area contributed by atoms with E-state index in [0.717, 1.165) is 44.9 Å². The molecule has 0 N–H and O–H groups in total. The number of hydrogen-bond acceptors (Lipinski definition) is 5. The highest BCUT2D eigenvalue weighted by molar-refractivity contribution is 7.97. The van der Waals surface area contributed by atoms with Crippen molar-refractivity contribution >= 4 is 39.8 Å². The van der Waals surface area contributed by atoms with Gasteiger partial charge in [0.1, 0.15) is 5.76 Å². The fourth-order valence-electron chi connectivity index (χ4n) is 2.50. The second kappa shape index (κ2) is 7.89. The molecule has 0 aliphatic carbocycles. The van der Waals surface area contributed by atoms with Crippen molar-refractivity contribution < 1.29 is 9.21 Å². The van der Waals surface area contributed by atoms with E-state index < -0.39 is 0 Å². The molecule has 4 nitrogen and oxygen atoms in total. The minimum atomic E-state index is -0.0298. The Hall–Kier alpha value is -2.05. The average molecular weight is 373 g/mol. The number of benzene rings is 1. The third-order valence-electron chi connectivity index (χ3n) is 3.94. The summed E-state index contributed by atoms with van der Waals surface area (Å²) in [6, 6.07) is 9.86. The zero-order valence-corrected chi connectivity index (χ0v) is 16.1. The van der Waals surface area contributed by atoms with Crippen molar-refractivity contribution in [3.05, 3.63) is 64.6 Å². The van der Waals surface area contributed by atoms with Crippen LogP contribution in [0.2, 0.25) is 0 Å². The number of furan rings is 1. The minimum absolute atomic E-state index is 0.0298. The smallest absolute Gasteiger partial charge is 0.230 e. The van der Waals surface area contributed by atoms with Gasteiger partial charge in [0.15, 0.2) is 5.13 Å². The molecule has 0 radical (unpaired) electrons. The summed E-state index contributed by atoms with van der Waals surface area (Å²) in [5, 5.41) is 2.74. The van der Waals surface area contributed by atoms with Crippen LogP contribution in [0.3, 0.4) is 0 Å². The van der Waals surface area contributed by atoms with E-state index in [9.17, 15) is 4.79 Å². The summed E-state index contributed by atoms with van der Waals surface area (Å²) in [5.41, 5.74) is 4.14. The summed E-state index contributed by atoms with van der Waals surface area (Å²) < 4.78 is 5.34. The fourth-order valence-corrected chi connectivity index (χ4v) is 4.31. The minimum Gasteiger partial charge on any atom is -0.468 e. The number of nitrogens with zero attached hydrogens (tertiary/aromatic N) is 2. The molecule has 0 spiro atoms. The van der Waals surface area contributed by atoms with Crippen molar-refractivity contribution in [2.45, 2.75) is 32.3 Å². The van der Waals surface area contributed by atoms with E-state index >= 15 is 0 Å². The first-order valence-corrected chi connectivity index (χ1v) is 10.0. The van der Waals surface area contributed by atoms with Crippen molar-refractivity contribution in [1.29, 1.82) is 0 Å². The lowest BCUT2D eigenvalue weighted by atomic mass is 10.1. The third kappa shape index (κ3) is 4.14. The van der Waals surface area contributed by atoms with Gasteiger partial charge >= 0.3 is 0 Å². The van der Waals surface area contributed by atoms with E-state index in [0.29, 0.717) is 0 Å². The second-order valence-electron chi connectivity index (χ2n) is 5.77. The van der Waals surface area contributed by atoms with Crippen LogP contribution in [0.25, 0.3) is 0 Å². The third-order valence-corrected chi connectivity index (χ3v) is 5.80. The van der Waals surface area contributed by atoms with Crippen LogP contribution in [-0.2, 0) is 16.3 Å². The molecule has 0 atom stereocenters. The maximum Gasteiger partial charge on any atom is 0.230 e. The van der Waals surface area contributed by atoms with Gasteiger partial charge < -0.3 is 4.42 Å². The van der Waals surface area contributed by atoms with Gasteiger partial charge in [0.25, 0.3) is 0 Å². The quantitative estimate of drug-likeness (QED) is 0.575. The lowest BCUT2D eigenvalue weighted by Gasteiger charge is -2.21. The number of thiazole rings is 1. The second-order valence-corrected chi connectivity index (χ2v) is 7.59. The summed E-state index contributed by atoms with van der Waals surface area (Å²) in [6.07, 6.45) is 1.69. The van der Waals surface area contributed by atoms with E-state index in [1.807, 2.05) is 36.6 Å². The molecule has 6 heteroatoms. The number of aryl methyl sites for hydroxylation is 1. The summed E-state index contributed by atoms with van der Waals surface area (Å²) in [4.78, 5) is 18.6. The van der Waals surface area contributed by atoms with Gasteiger partial charge in [-0.05, 0) is 43.2 Å². The monoisotopic (exact) mass is 372 g/mol. The molecule has 1 amide bonds. The zero-order valence-electron chi connectivity index (χ0n) is 14.5. The molecule has 25 heavy (non-hydrogen) atoms. The van der Waals surface area contributed by atoms with E-state index in [-0.39, 0.29) is 5.91 Å². The molecule has 0 fully saturated rings. The van der Waals surface area contributed by atoms with Gasteiger partial charge in [-0.3, -0.25) is 9.69 Å². The summed E-state index contributed by atoms with van der Waals surface area (Å²) in [5.74, 6) is 2.53. The largest absolute Gasteiger partial charge is 0.468 e. The van der Waals surface area contributed by atoms with Crippen LogP contribution in [0.1, 0.15) is 29.5 Å². The molecule has 0 unspecified atom stereocenters. The predicted molar refractivity (Wildman–Crippen MR) is 105 cm³/mol. The number of amides is 1. The van der Waals surface area contributed by atoms with Gasteiger partial charge in [0.2, 0.25) is 5.91 Å². The molecular weight excluding hydrogens is 352 g/mol. The SMILES string of the molecule is CC(=O)N(c1nc(CSCc2ccco2)cs1)c1cccc(C)c1C. The first kappa shape index (κ1) is 17.8. The van der Waals surface area contributed by atoms with Gasteiger partial charge in [0.05, 0.1) is 23.4 Å². The van der Waals surface area contributed by atoms with E-state index in [1.165, 1.54) is 11.3 Å². The number of hydrogen-bond donors (Lipinski definition) is 0. The van der Waals surface area contributed by atoms with Gasteiger partial charge in [-0.1, -0.05) is 12.1 Å². The van der Waals surface area contributed by atoms with Crippen molar-refractivity contribution in [2.24, 2.45) is 0 Å². The van der Waals surface area contributed by atoms with Crippen molar-refractivity contribution in [3.8, 4) is 0 Å². The topological polar surface area (TPSA) is 46.3 Å². The van der Waals surface area contributed by atoms with Gasteiger partial charge in [-0.15, -0.1) is 23.1 Å². The van der Waals surface area contributed by atoms with E-state index in [2.05, 4.69) is 18.0 Å². The Kier molecular flexibility index (Phi) is 5.60. The predicted octanol–water partition coefficient (Wildman–Crippen LogP) is 5.47. The Balaban J connectivity index is 1.76. The fraction of sp³-hybridized carbons (Fsp3) is 0.263. The number of carbonyl (C=O) groups is 1. The van der Waals surface area contributed by atoms with Crippen molar-refractivity contribution in [3.63, 3.8) is 0 Å². The zero-order chi connectivity index (χ0) is 17.8. The van der Waals surface area contributed by atoms with Crippen LogP contribution in [0.15, 0.2) is 46.4 Å². The number of thioether (sulfide) groups is 1. The van der Waals surface area contributed by atoms with Crippen LogP contribution >= 0.6 is 23.1 Å². The highest BCUT2D eigenvalue weighted by atomic mass is 32.2. The maximum absolute atomic E-state index is 12.3. The van der Waals surface area contributed by atoms with Gasteiger partial charge in [-0.2, -0.15) is 0 Å². The molecule has 3 rings (SSSR count). The number of anilines is 2. The lowest BCUT2D eigenvalue weighted by Crippen LogP contribution is -2.23. The molecule has 0 aliphatic rings. The van der Waals surface area contributed by atoms with Crippen LogP contribution < -0.4 is 4.90 Å². The molecule has 0 bridgehead atoms. The molecule has 3 aromatic rings. The molecule has 2 aromatic heterocycles. The summed E-state index contributed by atoms with van der Waals surface area (Å²) >= 11 is 3.25. The normalized spacial score (nSPS) is 10.8. The number of carbonyl (C=O) groups excluding carboxylic acids is 1. The van der Waals surface area contributed by atoms with Crippen LogP contribution in [0.4, 0.5) is 10.8 Å². The highest BCUT2D eigenvalue weighted by Gasteiger charge is 2.20. The molecule has 0 saturated carbocycles. The molecule has 0 saturated heterocycles. The summed E-state index contributed by atoms with van der Waals surface area (Å²) in [7, 11) is 0. The molecule has 2 heterocycles. The maximum atomic E-state index is 12.3. The highest BCUT2D eigenvalue weighted by Crippen LogP contribution is 2.33. The molecule has 130 valence electrons. The Morgan fingerprint density at radius 2 is 2.08 bits per heavy atom. The molecule has 1 aromatic carbocycles. The van der Waals surface area contributed by atoms with E-state index in [1.54, 1.807) is 29.8 Å². The first-order valence-electron chi connectivity index (χ1n) is 7.97. The number of aromatic nitrogens is 1. The van der Waals surface area contributed by atoms with Crippen molar-refractivity contribution in [2.75, 3.05) is 4.90 Å². The Morgan fingerprint density at radius 3 is 2.80 bits per heavy atom.